The molecule has 0 spiro atoms. The summed E-state index contributed by atoms with van der Waals surface area (Å²) >= 11 is 0. The average Bonchev–Trinajstić information content (AvgIpc) is 2.67. The molecule has 0 aliphatic rings. The number of carbonyl (C=O) groups is 1. The first kappa shape index (κ1) is 14.5. The second kappa shape index (κ2) is 6.39. The predicted octanol–water partition coefficient (Wildman–Crippen LogP) is 0.529. The van der Waals surface area contributed by atoms with E-state index in [2.05, 4.69) is 10.4 Å². The summed E-state index contributed by atoms with van der Waals surface area (Å²) in [7, 11) is 1.66. The first-order valence-electron chi connectivity index (χ1n) is 6.24. The smallest absolute Gasteiger partial charge is 0.271 e. The van der Waals surface area contributed by atoms with Gasteiger partial charge in [-0.15, -0.1) is 0 Å². The third-order valence-electron chi connectivity index (χ3n) is 3.25. The number of nitrogens with zero attached hydrogens (tertiary/aromatic N) is 2. The summed E-state index contributed by atoms with van der Waals surface area (Å²) < 4.78 is 1.42. The molecule has 0 aliphatic heterocycles. The minimum Gasteiger partial charge on any atom is -0.396 e. The molecule has 1 unspecified atom stereocenters. The van der Waals surface area contributed by atoms with Gasteiger partial charge in [0.15, 0.2) is 0 Å². The monoisotopic (exact) mass is 254 g/mol. The lowest BCUT2D eigenvalue weighted by molar-refractivity contribution is 0.0810. The maximum atomic E-state index is 11.9. The first-order valence-corrected chi connectivity index (χ1v) is 6.24. The summed E-state index contributed by atoms with van der Waals surface area (Å²) in [5.41, 5.74) is 6.32. The summed E-state index contributed by atoms with van der Waals surface area (Å²) in [6, 6.07) is 0. The second-order valence-electron chi connectivity index (χ2n) is 4.43. The molecule has 1 heterocycles. The molecule has 1 aromatic heterocycles. The van der Waals surface area contributed by atoms with Gasteiger partial charge >= 0.3 is 0 Å². The van der Waals surface area contributed by atoms with E-state index in [9.17, 15) is 9.90 Å². The van der Waals surface area contributed by atoms with Gasteiger partial charge in [-0.2, -0.15) is 5.10 Å². The topological polar surface area (TPSA) is 93.2 Å². The number of hydrogen-bond acceptors (Lipinski definition) is 4. The van der Waals surface area contributed by atoms with Crippen molar-refractivity contribution in [3.8, 4) is 0 Å². The fourth-order valence-corrected chi connectivity index (χ4v) is 2.01. The Bertz CT molecular complexity index is 379. The third-order valence-corrected chi connectivity index (χ3v) is 3.25. The van der Waals surface area contributed by atoms with Crippen LogP contribution in [0.1, 0.15) is 37.2 Å². The Morgan fingerprint density at radius 1 is 1.56 bits per heavy atom. The second-order valence-corrected chi connectivity index (χ2v) is 4.43. The molecule has 0 aromatic carbocycles. The Morgan fingerprint density at radius 2 is 2.17 bits per heavy atom. The van der Waals surface area contributed by atoms with Gasteiger partial charge in [0.25, 0.3) is 5.91 Å². The largest absolute Gasteiger partial charge is 0.396 e. The molecular formula is C12H22N4O2. The number of aliphatic hydroxyl groups excluding tert-OH is 1. The number of nitrogens with two attached hydrogens (primary N) is 1. The number of nitrogen functional groups attached to an aromatic ring is 1. The van der Waals surface area contributed by atoms with Crippen molar-refractivity contribution in [3.05, 3.63) is 11.9 Å². The molecule has 18 heavy (non-hydrogen) atoms. The molecule has 0 aliphatic carbocycles. The van der Waals surface area contributed by atoms with Crippen molar-refractivity contribution in [2.45, 2.75) is 32.8 Å². The zero-order valence-electron chi connectivity index (χ0n) is 11.2. The highest BCUT2D eigenvalue weighted by molar-refractivity contribution is 5.97. The maximum Gasteiger partial charge on any atom is 0.271 e. The molecule has 0 saturated carbocycles. The molecule has 0 fully saturated rings. The minimum absolute atomic E-state index is 0.203. The number of amides is 1. The van der Waals surface area contributed by atoms with Crippen LogP contribution in [-0.2, 0) is 7.05 Å². The molecule has 0 bridgehead atoms. The molecule has 6 heteroatoms. The van der Waals surface area contributed by atoms with Crippen molar-refractivity contribution in [1.29, 1.82) is 0 Å². The van der Waals surface area contributed by atoms with E-state index in [1.54, 1.807) is 7.05 Å². The number of aliphatic hydroxyl groups is 1. The number of aromatic nitrogens is 2. The van der Waals surface area contributed by atoms with Crippen molar-refractivity contribution in [2.24, 2.45) is 13.0 Å². The molecule has 1 amide bonds. The molecule has 1 rings (SSSR count). The number of anilines is 1. The van der Waals surface area contributed by atoms with Crippen LogP contribution in [0.5, 0.6) is 0 Å². The Hall–Kier alpha value is -1.56. The van der Waals surface area contributed by atoms with E-state index in [0.717, 1.165) is 12.8 Å². The van der Waals surface area contributed by atoms with Gasteiger partial charge in [0, 0.05) is 13.6 Å². The van der Waals surface area contributed by atoms with Gasteiger partial charge in [0.05, 0.1) is 18.0 Å². The quantitative estimate of drug-likeness (QED) is 0.690. The predicted molar refractivity (Wildman–Crippen MR) is 70.0 cm³/mol. The Labute approximate surface area is 107 Å². The molecular weight excluding hydrogens is 232 g/mol. The van der Waals surface area contributed by atoms with Crippen LogP contribution in [-0.4, -0.2) is 33.4 Å². The summed E-state index contributed by atoms with van der Waals surface area (Å²) in [4.78, 5) is 11.9. The summed E-state index contributed by atoms with van der Waals surface area (Å²) in [5.74, 6) is -0.105. The van der Waals surface area contributed by atoms with Crippen LogP contribution in [0.25, 0.3) is 0 Å². The third kappa shape index (κ3) is 3.22. The Kier molecular flexibility index (Phi) is 5.15. The van der Waals surface area contributed by atoms with E-state index < -0.39 is 6.10 Å². The van der Waals surface area contributed by atoms with Crippen molar-refractivity contribution in [1.82, 2.24) is 15.1 Å². The lowest BCUT2D eigenvalue weighted by atomic mass is 9.96. The van der Waals surface area contributed by atoms with Crippen LogP contribution in [0, 0.1) is 5.92 Å². The number of hydrogen-bond donors (Lipinski definition) is 3. The zero-order valence-corrected chi connectivity index (χ0v) is 11.2. The summed E-state index contributed by atoms with van der Waals surface area (Å²) in [6.07, 6.45) is 2.69. The summed E-state index contributed by atoms with van der Waals surface area (Å²) in [5, 5.41) is 16.5. The highest BCUT2D eigenvalue weighted by Gasteiger charge is 2.19. The Morgan fingerprint density at radius 3 is 2.61 bits per heavy atom. The molecule has 102 valence electrons. The van der Waals surface area contributed by atoms with E-state index in [-0.39, 0.29) is 18.4 Å². The van der Waals surface area contributed by atoms with Crippen LogP contribution >= 0.6 is 0 Å². The van der Waals surface area contributed by atoms with E-state index in [4.69, 9.17) is 5.73 Å². The van der Waals surface area contributed by atoms with E-state index >= 15 is 0 Å². The number of nitrogens with one attached hydrogen (secondary N) is 1. The van der Waals surface area contributed by atoms with Gasteiger partial charge < -0.3 is 16.2 Å². The highest BCUT2D eigenvalue weighted by Crippen LogP contribution is 2.13. The van der Waals surface area contributed by atoms with Gasteiger partial charge in [-0.05, 0) is 5.92 Å². The van der Waals surface area contributed by atoms with E-state index in [1.165, 1.54) is 10.9 Å². The van der Waals surface area contributed by atoms with Crippen LogP contribution in [0.4, 0.5) is 5.69 Å². The van der Waals surface area contributed by atoms with Crippen molar-refractivity contribution >= 4 is 11.6 Å². The van der Waals surface area contributed by atoms with Gasteiger partial charge in [0.2, 0.25) is 0 Å². The molecule has 0 radical (unpaired) electrons. The van der Waals surface area contributed by atoms with Crippen LogP contribution in [0.2, 0.25) is 0 Å². The Balaban J connectivity index is 2.57. The van der Waals surface area contributed by atoms with Crippen LogP contribution < -0.4 is 11.1 Å². The lowest BCUT2D eigenvalue weighted by Gasteiger charge is -2.20. The number of aryl methyl sites for hydroxylation is 1. The fraction of sp³-hybridized carbons (Fsp3) is 0.667. The van der Waals surface area contributed by atoms with Crippen molar-refractivity contribution in [2.75, 3.05) is 12.3 Å². The molecule has 1 atom stereocenters. The van der Waals surface area contributed by atoms with E-state index in [0.29, 0.717) is 11.4 Å². The van der Waals surface area contributed by atoms with Crippen LogP contribution in [0.15, 0.2) is 6.20 Å². The normalized spacial score (nSPS) is 12.7. The molecule has 0 saturated heterocycles. The van der Waals surface area contributed by atoms with Gasteiger partial charge in [-0.1, -0.05) is 26.7 Å². The van der Waals surface area contributed by atoms with E-state index in [1.807, 2.05) is 13.8 Å². The van der Waals surface area contributed by atoms with Crippen molar-refractivity contribution in [3.63, 3.8) is 0 Å². The minimum atomic E-state index is -0.529. The average molecular weight is 254 g/mol. The zero-order chi connectivity index (χ0) is 13.7. The van der Waals surface area contributed by atoms with Gasteiger partial charge in [-0.25, -0.2) is 0 Å². The van der Waals surface area contributed by atoms with Gasteiger partial charge in [0.1, 0.15) is 5.69 Å². The van der Waals surface area contributed by atoms with Crippen LogP contribution in [0.3, 0.4) is 0 Å². The standard InChI is InChI=1S/C12H22N4O2/c1-4-8(5-2)10(17)7-14-12(18)11-9(13)6-15-16(11)3/h6,8,10,17H,4-5,7,13H2,1-3H3,(H,14,18). The molecule has 4 N–H and O–H groups in total. The fourth-order valence-electron chi connectivity index (χ4n) is 2.01. The lowest BCUT2D eigenvalue weighted by Crippen LogP contribution is -2.37. The maximum absolute atomic E-state index is 11.9. The summed E-state index contributed by atoms with van der Waals surface area (Å²) in [6.45, 7) is 4.28. The van der Waals surface area contributed by atoms with Crippen molar-refractivity contribution < 1.29 is 9.90 Å². The molecule has 6 nitrogen and oxygen atoms in total. The highest BCUT2D eigenvalue weighted by atomic mass is 16.3. The molecule has 1 aromatic rings. The SMILES string of the molecule is CCC(CC)C(O)CNC(=O)c1c(N)cnn1C. The number of carbonyl (C=O) groups excluding carboxylic acids is 1. The number of rotatable bonds is 6. The first-order chi connectivity index (χ1) is 8.51. The van der Waals surface area contributed by atoms with Gasteiger partial charge in [-0.3, -0.25) is 9.48 Å².